The smallest absolute Gasteiger partial charge is 0.224 e. The number of rotatable bonds is 9. The molecular formula is C26H27ClN2O. The summed E-state index contributed by atoms with van der Waals surface area (Å²) in [6, 6.07) is 28.6. The van der Waals surface area contributed by atoms with Crippen molar-refractivity contribution < 1.29 is 4.79 Å². The molecule has 4 rings (SSSR count). The molecule has 2 atom stereocenters. The van der Waals surface area contributed by atoms with Crippen LogP contribution in [0.3, 0.4) is 0 Å². The standard InChI is InChI=1S/C26H27ClN2O/c27-24-13-11-22(12-14-24)18-29(17-21-9-5-2-6-10-21)19-23-16-26(23,25(28)30)15-20-7-3-1-4-8-20/h1-14,23H,15-19H2,(H2,28,30). The maximum atomic E-state index is 12.4. The van der Waals surface area contributed by atoms with E-state index in [1.807, 2.05) is 36.4 Å². The molecule has 2 N–H and O–H groups in total. The van der Waals surface area contributed by atoms with Crippen LogP contribution < -0.4 is 5.73 Å². The lowest BCUT2D eigenvalue weighted by atomic mass is 9.93. The molecule has 3 nitrogen and oxygen atoms in total. The third-order valence-corrected chi connectivity index (χ3v) is 6.38. The van der Waals surface area contributed by atoms with Gasteiger partial charge in [-0.3, -0.25) is 9.69 Å². The molecule has 1 saturated carbocycles. The molecule has 1 aliphatic rings. The first-order valence-electron chi connectivity index (χ1n) is 10.4. The minimum Gasteiger partial charge on any atom is -0.369 e. The minimum atomic E-state index is -0.434. The summed E-state index contributed by atoms with van der Waals surface area (Å²) in [5.74, 6) is 0.0914. The molecule has 2 unspecified atom stereocenters. The number of halogens is 1. The Morgan fingerprint density at radius 2 is 1.40 bits per heavy atom. The number of hydrogen-bond donors (Lipinski definition) is 1. The van der Waals surface area contributed by atoms with Crippen molar-refractivity contribution in [3.8, 4) is 0 Å². The number of carbonyl (C=O) groups excluding carboxylic acids is 1. The number of amides is 1. The monoisotopic (exact) mass is 418 g/mol. The Balaban J connectivity index is 1.50. The second-order valence-electron chi connectivity index (χ2n) is 8.37. The Bertz CT molecular complexity index is 975. The molecule has 0 spiro atoms. The molecule has 154 valence electrons. The summed E-state index contributed by atoms with van der Waals surface area (Å²) in [5.41, 5.74) is 9.11. The second-order valence-corrected chi connectivity index (χ2v) is 8.80. The van der Waals surface area contributed by atoms with Gasteiger partial charge in [-0.1, -0.05) is 84.4 Å². The Morgan fingerprint density at radius 3 is 1.97 bits per heavy atom. The summed E-state index contributed by atoms with van der Waals surface area (Å²) in [5, 5.41) is 0.742. The summed E-state index contributed by atoms with van der Waals surface area (Å²) in [6.45, 7) is 2.48. The van der Waals surface area contributed by atoms with Gasteiger partial charge in [-0.25, -0.2) is 0 Å². The summed E-state index contributed by atoms with van der Waals surface area (Å²) in [4.78, 5) is 14.8. The highest BCUT2D eigenvalue weighted by molar-refractivity contribution is 6.30. The molecule has 0 heterocycles. The van der Waals surface area contributed by atoms with Crippen molar-refractivity contribution in [1.29, 1.82) is 0 Å². The molecule has 0 radical (unpaired) electrons. The van der Waals surface area contributed by atoms with E-state index < -0.39 is 5.41 Å². The Hall–Kier alpha value is -2.62. The number of nitrogens with two attached hydrogens (primary N) is 1. The lowest BCUT2D eigenvalue weighted by Crippen LogP contribution is -2.33. The van der Waals surface area contributed by atoms with Gasteiger partial charge >= 0.3 is 0 Å². The number of nitrogens with zero attached hydrogens (tertiary/aromatic N) is 1. The first-order valence-corrected chi connectivity index (χ1v) is 10.8. The molecule has 3 aromatic carbocycles. The molecule has 30 heavy (non-hydrogen) atoms. The highest BCUT2D eigenvalue weighted by Crippen LogP contribution is 2.55. The van der Waals surface area contributed by atoms with Crippen molar-refractivity contribution in [2.45, 2.75) is 25.9 Å². The molecule has 0 aromatic heterocycles. The zero-order chi connectivity index (χ0) is 21.0. The van der Waals surface area contributed by atoms with Crippen LogP contribution in [0, 0.1) is 11.3 Å². The van der Waals surface area contributed by atoms with E-state index in [2.05, 4.69) is 53.4 Å². The topological polar surface area (TPSA) is 46.3 Å². The fourth-order valence-corrected chi connectivity index (χ4v) is 4.50. The van der Waals surface area contributed by atoms with Crippen LogP contribution in [0.15, 0.2) is 84.9 Å². The van der Waals surface area contributed by atoms with Gasteiger partial charge in [-0.05, 0) is 47.6 Å². The fraction of sp³-hybridized carbons (Fsp3) is 0.269. The summed E-state index contributed by atoms with van der Waals surface area (Å²) in [6.07, 6.45) is 1.57. The second kappa shape index (κ2) is 9.03. The zero-order valence-electron chi connectivity index (χ0n) is 17.0. The van der Waals surface area contributed by atoms with Crippen LogP contribution in [0.5, 0.6) is 0 Å². The molecule has 0 aliphatic heterocycles. The van der Waals surface area contributed by atoms with Gasteiger partial charge in [-0.2, -0.15) is 0 Å². The van der Waals surface area contributed by atoms with Crippen molar-refractivity contribution in [2.24, 2.45) is 17.1 Å². The summed E-state index contributed by atoms with van der Waals surface area (Å²) >= 11 is 6.06. The largest absolute Gasteiger partial charge is 0.369 e. The van der Waals surface area contributed by atoms with E-state index in [9.17, 15) is 4.79 Å². The highest BCUT2D eigenvalue weighted by atomic mass is 35.5. The van der Waals surface area contributed by atoms with Crippen LogP contribution in [0.1, 0.15) is 23.1 Å². The van der Waals surface area contributed by atoms with E-state index in [-0.39, 0.29) is 11.8 Å². The average Bonchev–Trinajstić information content (AvgIpc) is 3.44. The molecule has 0 saturated heterocycles. The van der Waals surface area contributed by atoms with Gasteiger partial charge < -0.3 is 5.73 Å². The van der Waals surface area contributed by atoms with Crippen molar-refractivity contribution >= 4 is 17.5 Å². The predicted molar refractivity (Wildman–Crippen MR) is 122 cm³/mol. The minimum absolute atomic E-state index is 0.178. The van der Waals surface area contributed by atoms with E-state index in [0.29, 0.717) is 6.42 Å². The van der Waals surface area contributed by atoms with Gasteiger partial charge in [-0.15, -0.1) is 0 Å². The fourth-order valence-electron chi connectivity index (χ4n) is 4.37. The molecule has 3 aromatic rings. The quantitative estimate of drug-likeness (QED) is 0.527. The number of benzene rings is 3. The third kappa shape index (κ3) is 4.92. The van der Waals surface area contributed by atoms with Gasteiger partial charge in [0.25, 0.3) is 0 Å². The lowest BCUT2D eigenvalue weighted by Gasteiger charge is -2.24. The molecular weight excluding hydrogens is 392 g/mol. The van der Waals surface area contributed by atoms with Crippen molar-refractivity contribution in [1.82, 2.24) is 4.90 Å². The lowest BCUT2D eigenvalue weighted by molar-refractivity contribution is -0.123. The molecule has 0 bridgehead atoms. The van der Waals surface area contributed by atoms with Gasteiger partial charge in [0, 0.05) is 24.7 Å². The maximum absolute atomic E-state index is 12.4. The van der Waals surface area contributed by atoms with Crippen LogP contribution >= 0.6 is 11.6 Å². The van der Waals surface area contributed by atoms with Gasteiger partial charge in [0.15, 0.2) is 0 Å². The van der Waals surface area contributed by atoms with E-state index in [1.165, 1.54) is 16.7 Å². The van der Waals surface area contributed by atoms with Gasteiger partial charge in [0.2, 0.25) is 5.91 Å². The van der Waals surface area contributed by atoms with Crippen molar-refractivity contribution in [3.63, 3.8) is 0 Å². The first-order chi connectivity index (χ1) is 14.5. The molecule has 1 amide bonds. The Morgan fingerprint density at radius 1 is 0.867 bits per heavy atom. The van der Waals surface area contributed by atoms with Crippen molar-refractivity contribution in [2.75, 3.05) is 6.54 Å². The van der Waals surface area contributed by atoms with E-state index in [0.717, 1.165) is 31.1 Å². The summed E-state index contributed by atoms with van der Waals surface area (Å²) in [7, 11) is 0. The molecule has 1 fully saturated rings. The third-order valence-electron chi connectivity index (χ3n) is 6.13. The number of primary amides is 1. The van der Waals surface area contributed by atoms with Gasteiger partial charge in [0.1, 0.15) is 0 Å². The highest BCUT2D eigenvalue weighted by Gasteiger charge is 2.58. The molecule has 1 aliphatic carbocycles. The number of carbonyl (C=O) groups is 1. The van der Waals surface area contributed by atoms with Crippen LogP contribution in [0.4, 0.5) is 0 Å². The molecule has 4 heteroatoms. The summed E-state index contributed by atoms with van der Waals surface area (Å²) < 4.78 is 0. The Labute approximate surface area is 183 Å². The van der Waals surface area contributed by atoms with Crippen LogP contribution in [0.2, 0.25) is 5.02 Å². The van der Waals surface area contributed by atoms with Crippen molar-refractivity contribution in [3.05, 3.63) is 107 Å². The van der Waals surface area contributed by atoms with E-state index in [4.69, 9.17) is 17.3 Å². The van der Waals surface area contributed by atoms with Crippen LogP contribution in [-0.4, -0.2) is 17.4 Å². The van der Waals surface area contributed by atoms with Gasteiger partial charge in [0.05, 0.1) is 5.41 Å². The number of hydrogen-bond acceptors (Lipinski definition) is 2. The SMILES string of the molecule is NC(=O)C1(Cc2ccccc2)CC1CN(Cc1ccccc1)Cc1ccc(Cl)cc1. The van der Waals surface area contributed by atoms with E-state index >= 15 is 0 Å². The normalized spacial score (nSPS) is 20.3. The predicted octanol–water partition coefficient (Wildman–Crippen LogP) is 5.08. The van der Waals surface area contributed by atoms with Crippen LogP contribution in [-0.2, 0) is 24.3 Å². The zero-order valence-corrected chi connectivity index (χ0v) is 17.8. The Kier molecular flexibility index (Phi) is 6.21. The van der Waals surface area contributed by atoms with E-state index in [1.54, 1.807) is 0 Å². The maximum Gasteiger partial charge on any atom is 0.224 e. The van der Waals surface area contributed by atoms with Crippen LogP contribution in [0.25, 0.3) is 0 Å². The first kappa shape index (κ1) is 20.6. The average molecular weight is 419 g/mol.